The molecule has 6 heteroatoms. The summed E-state index contributed by atoms with van der Waals surface area (Å²) in [6, 6.07) is 17.6. The van der Waals surface area contributed by atoms with E-state index in [0.717, 1.165) is 27.7 Å². The van der Waals surface area contributed by atoms with Crippen molar-refractivity contribution in [2.75, 3.05) is 31.2 Å². The minimum Gasteiger partial charge on any atom is -0.461 e. The molecule has 0 radical (unpaired) electrons. The van der Waals surface area contributed by atoms with E-state index in [-0.39, 0.29) is 6.61 Å². The Morgan fingerprint density at radius 3 is 2.71 bits per heavy atom. The van der Waals surface area contributed by atoms with E-state index in [4.69, 9.17) is 21.1 Å². The molecule has 144 valence electrons. The first-order valence-corrected chi connectivity index (χ1v) is 9.78. The summed E-state index contributed by atoms with van der Waals surface area (Å²) in [4.78, 5) is 19.7. The quantitative estimate of drug-likeness (QED) is 0.480. The van der Waals surface area contributed by atoms with Crippen molar-refractivity contribution in [2.45, 2.75) is 12.5 Å². The second kappa shape index (κ2) is 8.17. The van der Waals surface area contributed by atoms with E-state index in [9.17, 15) is 4.79 Å². The first kappa shape index (κ1) is 18.7. The molecule has 28 heavy (non-hydrogen) atoms. The number of hydrogen-bond donors (Lipinski definition) is 0. The molecule has 2 heterocycles. The van der Waals surface area contributed by atoms with Crippen LogP contribution in [0.15, 0.2) is 54.6 Å². The highest BCUT2D eigenvalue weighted by Crippen LogP contribution is 2.40. The smallest absolute Gasteiger partial charge is 0.357 e. The number of ether oxygens (including phenoxy) is 2. The number of benzene rings is 2. The van der Waals surface area contributed by atoms with E-state index in [2.05, 4.69) is 9.88 Å². The van der Waals surface area contributed by atoms with Gasteiger partial charge in [-0.3, -0.25) is 0 Å². The van der Waals surface area contributed by atoms with Crippen LogP contribution in [0.5, 0.6) is 0 Å². The largest absolute Gasteiger partial charge is 0.461 e. The molecule has 0 amide bonds. The molecule has 1 unspecified atom stereocenters. The van der Waals surface area contributed by atoms with Crippen LogP contribution < -0.4 is 4.90 Å². The standard InChI is InChI=1S/C22H21ClN2O3/c1-2-27-22(26)20-19(15-8-4-3-5-9-15)21(25-12-13-28-18(23)14-25)16-10-6-7-11-17(16)24-20/h3-11,18H,2,12-14H2,1H3. The van der Waals surface area contributed by atoms with Crippen LogP contribution in [-0.4, -0.2) is 42.8 Å². The van der Waals surface area contributed by atoms with Crippen LogP contribution in [-0.2, 0) is 9.47 Å². The van der Waals surface area contributed by atoms with Crippen LogP contribution >= 0.6 is 11.6 Å². The minimum atomic E-state index is -0.427. The highest BCUT2D eigenvalue weighted by atomic mass is 35.5. The Kier molecular flexibility index (Phi) is 5.46. The Hall–Kier alpha value is -2.63. The number of morpholine rings is 1. The van der Waals surface area contributed by atoms with Gasteiger partial charge in [0, 0.05) is 17.5 Å². The number of fused-ring (bicyclic) bond motifs is 1. The molecule has 5 nitrogen and oxygen atoms in total. The second-order valence-electron chi connectivity index (χ2n) is 6.51. The zero-order chi connectivity index (χ0) is 19.5. The fourth-order valence-corrected chi connectivity index (χ4v) is 3.82. The van der Waals surface area contributed by atoms with Crippen molar-refractivity contribution in [1.82, 2.24) is 4.98 Å². The van der Waals surface area contributed by atoms with Gasteiger partial charge in [-0.05, 0) is 18.6 Å². The maximum Gasteiger partial charge on any atom is 0.357 e. The number of carbonyl (C=O) groups is 1. The van der Waals surface area contributed by atoms with E-state index < -0.39 is 11.5 Å². The molecule has 1 aliphatic rings. The summed E-state index contributed by atoms with van der Waals surface area (Å²) < 4.78 is 10.9. The first-order chi connectivity index (χ1) is 13.7. The van der Waals surface area contributed by atoms with Gasteiger partial charge in [0.15, 0.2) is 5.69 Å². The molecular formula is C22H21ClN2O3. The number of esters is 1. The van der Waals surface area contributed by atoms with Gasteiger partial charge in [0.1, 0.15) is 5.56 Å². The van der Waals surface area contributed by atoms with Crippen molar-refractivity contribution in [2.24, 2.45) is 0 Å². The van der Waals surface area contributed by atoms with Crippen molar-refractivity contribution in [3.63, 3.8) is 0 Å². The monoisotopic (exact) mass is 396 g/mol. The molecule has 1 atom stereocenters. The molecule has 0 saturated carbocycles. The van der Waals surface area contributed by atoms with Gasteiger partial charge in [-0.2, -0.15) is 0 Å². The number of carbonyl (C=O) groups excluding carboxylic acids is 1. The fraction of sp³-hybridized carbons (Fsp3) is 0.273. The van der Waals surface area contributed by atoms with Gasteiger partial charge in [0.05, 0.1) is 31.0 Å². The Bertz CT molecular complexity index is 994. The van der Waals surface area contributed by atoms with Gasteiger partial charge < -0.3 is 14.4 Å². The number of pyridine rings is 1. The van der Waals surface area contributed by atoms with Crippen molar-refractivity contribution in [3.05, 3.63) is 60.3 Å². The molecular weight excluding hydrogens is 376 g/mol. The Morgan fingerprint density at radius 2 is 1.96 bits per heavy atom. The van der Waals surface area contributed by atoms with Gasteiger partial charge in [-0.15, -0.1) is 0 Å². The van der Waals surface area contributed by atoms with E-state index in [1.807, 2.05) is 54.6 Å². The topological polar surface area (TPSA) is 51.7 Å². The average Bonchev–Trinajstić information content (AvgIpc) is 2.73. The van der Waals surface area contributed by atoms with Crippen LogP contribution in [0.25, 0.3) is 22.0 Å². The van der Waals surface area contributed by atoms with E-state index >= 15 is 0 Å². The maximum absolute atomic E-state index is 12.8. The first-order valence-electron chi connectivity index (χ1n) is 9.35. The summed E-state index contributed by atoms with van der Waals surface area (Å²) in [6.07, 6.45) is 0. The number of para-hydroxylation sites is 1. The van der Waals surface area contributed by atoms with Crippen LogP contribution in [0.3, 0.4) is 0 Å². The van der Waals surface area contributed by atoms with Gasteiger partial charge in [-0.25, -0.2) is 9.78 Å². The summed E-state index contributed by atoms with van der Waals surface area (Å²) in [5.74, 6) is -0.427. The number of anilines is 1. The van der Waals surface area contributed by atoms with E-state index in [1.54, 1.807) is 6.92 Å². The minimum absolute atomic E-state index is 0.290. The van der Waals surface area contributed by atoms with Crippen LogP contribution in [0.4, 0.5) is 5.69 Å². The fourth-order valence-electron chi connectivity index (χ4n) is 3.56. The average molecular weight is 397 g/mol. The summed E-state index contributed by atoms with van der Waals surface area (Å²) in [6.45, 7) is 3.81. The maximum atomic E-state index is 12.8. The SMILES string of the molecule is CCOC(=O)c1nc2ccccc2c(N2CCOC(Cl)C2)c1-c1ccccc1. The number of hydrogen-bond acceptors (Lipinski definition) is 5. The van der Waals surface area contributed by atoms with Gasteiger partial charge >= 0.3 is 5.97 Å². The molecule has 0 N–H and O–H groups in total. The highest BCUT2D eigenvalue weighted by molar-refractivity contribution is 6.20. The zero-order valence-corrected chi connectivity index (χ0v) is 16.4. The number of halogens is 1. The third kappa shape index (κ3) is 3.55. The lowest BCUT2D eigenvalue weighted by Crippen LogP contribution is -2.40. The molecule has 3 aromatic rings. The third-order valence-electron chi connectivity index (χ3n) is 4.74. The predicted molar refractivity (Wildman–Crippen MR) is 111 cm³/mol. The molecule has 1 aliphatic heterocycles. The Labute approximate surface area is 168 Å². The normalized spacial score (nSPS) is 16.9. The second-order valence-corrected chi connectivity index (χ2v) is 7.00. The van der Waals surface area contributed by atoms with E-state index in [1.165, 1.54) is 0 Å². The number of aromatic nitrogens is 1. The summed E-state index contributed by atoms with van der Waals surface area (Å²) in [5, 5.41) is 0.972. The number of rotatable bonds is 4. The molecule has 1 saturated heterocycles. The van der Waals surface area contributed by atoms with Crippen molar-refractivity contribution < 1.29 is 14.3 Å². The third-order valence-corrected chi connectivity index (χ3v) is 5.00. The molecule has 0 spiro atoms. The van der Waals surface area contributed by atoms with Crippen LogP contribution in [0.2, 0.25) is 0 Å². The lowest BCUT2D eigenvalue weighted by Gasteiger charge is -2.34. The Balaban J connectivity index is 2.03. The molecule has 4 rings (SSSR count). The van der Waals surface area contributed by atoms with Crippen molar-refractivity contribution in [1.29, 1.82) is 0 Å². The van der Waals surface area contributed by atoms with Crippen molar-refractivity contribution >= 4 is 34.2 Å². The lowest BCUT2D eigenvalue weighted by molar-refractivity contribution is 0.0521. The number of nitrogens with zero attached hydrogens (tertiary/aromatic N) is 2. The highest BCUT2D eigenvalue weighted by Gasteiger charge is 2.28. The van der Waals surface area contributed by atoms with Gasteiger partial charge in [0.2, 0.25) is 0 Å². The molecule has 1 fully saturated rings. The summed E-state index contributed by atoms with van der Waals surface area (Å²) in [7, 11) is 0. The van der Waals surface area contributed by atoms with Gasteiger partial charge in [-0.1, -0.05) is 60.1 Å². The summed E-state index contributed by atoms with van der Waals surface area (Å²) >= 11 is 6.29. The van der Waals surface area contributed by atoms with Crippen LogP contribution in [0, 0.1) is 0 Å². The number of alkyl halides is 1. The summed E-state index contributed by atoms with van der Waals surface area (Å²) in [5.41, 5.74) is 3.28. The Morgan fingerprint density at radius 1 is 1.21 bits per heavy atom. The van der Waals surface area contributed by atoms with Crippen molar-refractivity contribution in [3.8, 4) is 11.1 Å². The zero-order valence-electron chi connectivity index (χ0n) is 15.6. The molecule has 0 bridgehead atoms. The van der Waals surface area contributed by atoms with Gasteiger partial charge in [0.25, 0.3) is 0 Å². The van der Waals surface area contributed by atoms with E-state index in [0.29, 0.717) is 25.4 Å². The lowest BCUT2D eigenvalue weighted by atomic mass is 9.97. The molecule has 0 aliphatic carbocycles. The van der Waals surface area contributed by atoms with Crippen LogP contribution in [0.1, 0.15) is 17.4 Å². The predicted octanol–water partition coefficient (Wildman–Crippen LogP) is 4.48. The molecule has 2 aromatic carbocycles. The molecule has 1 aromatic heterocycles.